The molecule has 0 saturated heterocycles. The van der Waals surface area contributed by atoms with Crippen molar-refractivity contribution in [2.45, 2.75) is 32.4 Å². The zero-order chi connectivity index (χ0) is 14.8. The van der Waals surface area contributed by atoms with E-state index in [-0.39, 0.29) is 0 Å². The van der Waals surface area contributed by atoms with Gasteiger partial charge in [-0.2, -0.15) is 22.0 Å². The molecular formula is C13H13F5O. The van der Waals surface area contributed by atoms with Crippen LogP contribution < -0.4 is 0 Å². The van der Waals surface area contributed by atoms with E-state index >= 15 is 0 Å². The van der Waals surface area contributed by atoms with Gasteiger partial charge in [-0.05, 0) is 17.9 Å². The van der Waals surface area contributed by atoms with Crippen molar-refractivity contribution in [2.24, 2.45) is 5.92 Å². The normalized spacial score (nSPS) is 12.8. The summed E-state index contributed by atoms with van der Waals surface area (Å²) in [6.45, 7) is 3.88. The number of ketones is 1. The molecule has 1 aromatic carbocycles. The lowest BCUT2D eigenvalue weighted by molar-refractivity contribution is -0.255. The molecule has 0 saturated carbocycles. The first-order valence-corrected chi connectivity index (χ1v) is 5.64. The first-order valence-electron chi connectivity index (χ1n) is 5.64. The molecule has 6 heteroatoms. The largest absolute Gasteiger partial charge is 0.461 e. The van der Waals surface area contributed by atoms with Gasteiger partial charge >= 0.3 is 12.1 Å². The molecule has 0 atom stereocenters. The monoisotopic (exact) mass is 280 g/mol. The predicted octanol–water partition coefficient (Wildman–Crippen LogP) is 4.27. The molecule has 0 bridgehead atoms. The summed E-state index contributed by atoms with van der Waals surface area (Å²) < 4.78 is 61.8. The van der Waals surface area contributed by atoms with Crippen molar-refractivity contribution in [1.29, 1.82) is 0 Å². The molecule has 0 amide bonds. The lowest BCUT2D eigenvalue weighted by atomic mass is 9.99. The van der Waals surface area contributed by atoms with Crippen molar-refractivity contribution in [1.82, 2.24) is 0 Å². The highest BCUT2D eigenvalue weighted by molar-refractivity contribution is 6.01. The van der Waals surface area contributed by atoms with Crippen LogP contribution in [0.25, 0.3) is 0 Å². The number of benzene rings is 1. The Bertz CT molecular complexity index is 445. The summed E-state index contributed by atoms with van der Waals surface area (Å²) in [6.07, 6.45) is -5.22. The summed E-state index contributed by atoms with van der Waals surface area (Å²) in [4.78, 5) is 11.2. The highest BCUT2D eigenvalue weighted by atomic mass is 19.4. The second kappa shape index (κ2) is 5.27. The molecule has 19 heavy (non-hydrogen) atoms. The molecule has 1 aromatic rings. The van der Waals surface area contributed by atoms with Crippen LogP contribution in [0.5, 0.6) is 0 Å². The van der Waals surface area contributed by atoms with Gasteiger partial charge in [-0.3, -0.25) is 4.79 Å². The summed E-state index contributed by atoms with van der Waals surface area (Å²) in [5.74, 6) is -7.26. The van der Waals surface area contributed by atoms with Crippen molar-refractivity contribution >= 4 is 5.78 Å². The summed E-state index contributed by atoms with van der Waals surface area (Å²) in [6, 6.07) is 4.78. The van der Waals surface area contributed by atoms with Crippen molar-refractivity contribution in [2.75, 3.05) is 0 Å². The summed E-state index contributed by atoms with van der Waals surface area (Å²) in [5.41, 5.74) is 0.136. The van der Waals surface area contributed by atoms with E-state index in [9.17, 15) is 26.7 Å². The van der Waals surface area contributed by atoms with Gasteiger partial charge in [-0.1, -0.05) is 38.1 Å². The zero-order valence-electron chi connectivity index (χ0n) is 10.4. The molecule has 0 radical (unpaired) electrons. The fourth-order valence-electron chi connectivity index (χ4n) is 1.57. The maximum Gasteiger partial charge on any atom is 0.461 e. The maximum absolute atomic E-state index is 12.8. The molecule has 0 heterocycles. The van der Waals surface area contributed by atoms with Gasteiger partial charge < -0.3 is 0 Å². The second-order valence-corrected chi connectivity index (χ2v) is 4.70. The molecule has 0 aliphatic rings. The molecule has 0 N–H and O–H groups in total. The lowest BCUT2D eigenvalue weighted by Crippen LogP contribution is -2.44. The molecule has 0 aromatic heterocycles. The molecule has 0 aliphatic heterocycles. The maximum atomic E-state index is 12.8. The second-order valence-electron chi connectivity index (χ2n) is 4.70. The van der Waals surface area contributed by atoms with Crippen molar-refractivity contribution in [3.8, 4) is 0 Å². The molecular weight excluding hydrogens is 267 g/mol. The Kier molecular flexibility index (Phi) is 4.32. The van der Waals surface area contributed by atoms with E-state index in [2.05, 4.69) is 0 Å². The third-order valence-corrected chi connectivity index (χ3v) is 2.50. The number of halogens is 5. The summed E-state index contributed by atoms with van der Waals surface area (Å²) in [5, 5.41) is 0. The SMILES string of the molecule is CC(C)Cc1ccc(C(=O)C(F)(F)C(F)(F)F)cc1. The average Bonchev–Trinajstić information content (AvgIpc) is 2.26. The van der Waals surface area contributed by atoms with Crippen LogP contribution in [0.4, 0.5) is 22.0 Å². The van der Waals surface area contributed by atoms with Gasteiger partial charge in [0, 0.05) is 5.56 Å². The Morgan fingerprint density at radius 3 is 1.89 bits per heavy atom. The Morgan fingerprint density at radius 1 is 1.05 bits per heavy atom. The average molecular weight is 280 g/mol. The predicted molar refractivity (Wildman–Crippen MR) is 60.3 cm³/mol. The third kappa shape index (κ3) is 3.52. The van der Waals surface area contributed by atoms with Crippen molar-refractivity contribution in [3.05, 3.63) is 35.4 Å². The lowest BCUT2D eigenvalue weighted by Gasteiger charge is -2.18. The van der Waals surface area contributed by atoms with Crippen LogP contribution in [0.2, 0.25) is 0 Å². The number of carbonyl (C=O) groups excluding carboxylic acids is 1. The Morgan fingerprint density at radius 2 is 1.53 bits per heavy atom. The van der Waals surface area contributed by atoms with E-state index in [1.54, 1.807) is 0 Å². The fourth-order valence-corrected chi connectivity index (χ4v) is 1.57. The van der Waals surface area contributed by atoms with Gasteiger partial charge in [0.05, 0.1) is 0 Å². The van der Waals surface area contributed by atoms with Crippen LogP contribution in [-0.4, -0.2) is 17.9 Å². The van der Waals surface area contributed by atoms with E-state index in [1.807, 2.05) is 13.8 Å². The number of hydrogen-bond acceptors (Lipinski definition) is 1. The standard InChI is InChI=1S/C13H13F5O/c1-8(2)7-9-3-5-10(6-4-9)11(19)12(14,15)13(16,17)18/h3-6,8H,7H2,1-2H3. The minimum absolute atomic E-state index is 0.318. The van der Waals surface area contributed by atoms with Gasteiger partial charge in [0.25, 0.3) is 0 Å². The Hall–Kier alpha value is -1.46. The van der Waals surface area contributed by atoms with Gasteiger partial charge in [0.1, 0.15) is 0 Å². The minimum Gasteiger partial charge on any atom is -0.287 e. The van der Waals surface area contributed by atoms with Crippen molar-refractivity contribution < 1.29 is 26.7 Å². The third-order valence-electron chi connectivity index (χ3n) is 2.50. The van der Waals surface area contributed by atoms with Gasteiger partial charge in [-0.25, -0.2) is 0 Å². The smallest absolute Gasteiger partial charge is 0.287 e. The van der Waals surface area contributed by atoms with Gasteiger partial charge in [-0.15, -0.1) is 0 Å². The van der Waals surface area contributed by atoms with Crippen molar-refractivity contribution in [3.63, 3.8) is 0 Å². The summed E-state index contributed by atoms with van der Waals surface area (Å²) >= 11 is 0. The van der Waals surface area contributed by atoms with Crippen LogP contribution in [0, 0.1) is 5.92 Å². The Labute approximate surface area is 107 Å². The molecule has 0 fully saturated rings. The van der Waals surface area contributed by atoms with Crippen LogP contribution >= 0.6 is 0 Å². The molecule has 0 aliphatic carbocycles. The van der Waals surface area contributed by atoms with E-state index in [0.717, 1.165) is 17.7 Å². The van der Waals surface area contributed by atoms with Crippen LogP contribution in [-0.2, 0) is 6.42 Å². The Balaban J connectivity index is 2.96. The number of hydrogen-bond donors (Lipinski definition) is 0. The van der Waals surface area contributed by atoms with Gasteiger partial charge in [0.15, 0.2) is 0 Å². The molecule has 0 unspecified atom stereocenters. The number of rotatable bonds is 4. The molecule has 1 nitrogen and oxygen atoms in total. The van der Waals surface area contributed by atoms with Crippen LogP contribution in [0.3, 0.4) is 0 Å². The zero-order valence-corrected chi connectivity index (χ0v) is 10.4. The first-order chi connectivity index (χ1) is 8.55. The van der Waals surface area contributed by atoms with E-state index in [0.29, 0.717) is 12.3 Å². The number of alkyl halides is 5. The molecule has 0 spiro atoms. The minimum atomic E-state index is -5.87. The van der Waals surface area contributed by atoms with Crippen LogP contribution in [0.1, 0.15) is 29.8 Å². The van der Waals surface area contributed by atoms with E-state index in [4.69, 9.17) is 0 Å². The van der Waals surface area contributed by atoms with E-state index in [1.165, 1.54) is 12.1 Å². The van der Waals surface area contributed by atoms with Gasteiger partial charge in [0.2, 0.25) is 5.78 Å². The summed E-state index contributed by atoms with van der Waals surface area (Å²) in [7, 11) is 0. The van der Waals surface area contributed by atoms with Crippen LogP contribution in [0.15, 0.2) is 24.3 Å². The quantitative estimate of drug-likeness (QED) is 0.594. The van der Waals surface area contributed by atoms with E-state index < -0.39 is 23.4 Å². The highest BCUT2D eigenvalue weighted by Gasteiger charge is 2.63. The first kappa shape index (κ1) is 15.6. The molecule has 106 valence electrons. The molecule has 1 rings (SSSR count). The highest BCUT2D eigenvalue weighted by Crippen LogP contribution is 2.37. The fraction of sp³-hybridized carbons (Fsp3) is 0.462. The number of carbonyl (C=O) groups is 1. The topological polar surface area (TPSA) is 17.1 Å². The number of Topliss-reactive ketones (excluding diaryl/α,β-unsaturated/α-hetero) is 1.